The van der Waals surface area contributed by atoms with Crippen LogP contribution in [-0.4, -0.2) is 19.2 Å². The van der Waals surface area contributed by atoms with E-state index in [4.69, 9.17) is 14.2 Å². The zero-order chi connectivity index (χ0) is 14.7. The van der Waals surface area contributed by atoms with Gasteiger partial charge in [-0.25, -0.2) is 0 Å². The molecule has 3 aromatic rings. The molecule has 0 aliphatic heterocycles. The van der Waals surface area contributed by atoms with Crippen molar-refractivity contribution in [2.75, 3.05) is 14.2 Å². The average molecular weight is 281 g/mol. The van der Waals surface area contributed by atoms with Crippen LogP contribution in [0.3, 0.4) is 0 Å². The molecular formula is C17H15NO3. The third-order valence-corrected chi connectivity index (χ3v) is 3.18. The van der Waals surface area contributed by atoms with Crippen LogP contribution < -0.4 is 14.2 Å². The normalized spacial score (nSPS) is 10.4. The van der Waals surface area contributed by atoms with Crippen molar-refractivity contribution in [1.82, 2.24) is 4.98 Å². The molecule has 0 radical (unpaired) electrons. The number of nitrogens with zero attached hydrogens (tertiary/aromatic N) is 1. The zero-order valence-corrected chi connectivity index (χ0v) is 11.9. The molecule has 3 rings (SSSR count). The molecule has 0 spiro atoms. The molecule has 0 unspecified atom stereocenters. The van der Waals surface area contributed by atoms with Gasteiger partial charge in [0.2, 0.25) is 0 Å². The third-order valence-electron chi connectivity index (χ3n) is 3.18. The molecule has 0 bridgehead atoms. The average Bonchev–Trinajstić information content (AvgIpc) is 2.55. The molecular weight excluding hydrogens is 266 g/mol. The molecule has 1 aromatic heterocycles. The van der Waals surface area contributed by atoms with Gasteiger partial charge in [0.1, 0.15) is 23.0 Å². The first-order chi connectivity index (χ1) is 10.3. The van der Waals surface area contributed by atoms with Crippen LogP contribution in [0.1, 0.15) is 0 Å². The molecule has 0 aliphatic rings. The van der Waals surface area contributed by atoms with E-state index in [2.05, 4.69) is 4.98 Å². The zero-order valence-electron chi connectivity index (χ0n) is 11.9. The summed E-state index contributed by atoms with van der Waals surface area (Å²) in [4.78, 5) is 4.34. The lowest BCUT2D eigenvalue weighted by Gasteiger charge is -2.10. The predicted octanol–water partition coefficient (Wildman–Crippen LogP) is 4.04. The molecule has 0 amide bonds. The molecule has 0 saturated carbocycles. The van der Waals surface area contributed by atoms with Gasteiger partial charge in [-0.1, -0.05) is 6.07 Å². The number of hydrogen-bond donors (Lipinski definition) is 0. The molecule has 4 heteroatoms. The van der Waals surface area contributed by atoms with Gasteiger partial charge in [-0.3, -0.25) is 4.98 Å². The molecule has 4 nitrogen and oxygen atoms in total. The number of rotatable bonds is 4. The maximum atomic E-state index is 5.95. The Kier molecular flexibility index (Phi) is 3.60. The van der Waals surface area contributed by atoms with Gasteiger partial charge in [0.15, 0.2) is 0 Å². The second kappa shape index (κ2) is 5.71. The quantitative estimate of drug-likeness (QED) is 0.723. The van der Waals surface area contributed by atoms with E-state index in [0.29, 0.717) is 0 Å². The number of ether oxygens (including phenoxy) is 3. The predicted molar refractivity (Wildman–Crippen MR) is 81.4 cm³/mol. The van der Waals surface area contributed by atoms with Gasteiger partial charge >= 0.3 is 0 Å². The van der Waals surface area contributed by atoms with Crippen LogP contribution in [0.15, 0.2) is 54.7 Å². The summed E-state index contributed by atoms with van der Waals surface area (Å²) in [7, 11) is 3.27. The Morgan fingerprint density at radius 2 is 1.57 bits per heavy atom. The van der Waals surface area contributed by atoms with Crippen molar-refractivity contribution in [3.63, 3.8) is 0 Å². The summed E-state index contributed by atoms with van der Waals surface area (Å²) in [6.45, 7) is 0. The van der Waals surface area contributed by atoms with Gasteiger partial charge < -0.3 is 14.2 Å². The fourth-order valence-corrected chi connectivity index (χ4v) is 2.11. The van der Waals surface area contributed by atoms with Crippen LogP contribution in [0.4, 0.5) is 0 Å². The van der Waals surface area contributed by atoms with E-state index in [9.17, 15) is 0 Å². The molecule has 2 aromatic carbocycles. The van der Waals surface area contributed by atoms with Crippen LogP contribution in [0.25, 0.3) is 10.9 Å². The Balaban J connectivity index is 2.00. The van der Waals surface area contributed by atoms with Crippen LogP contribution in [0.5, 0.6) is 23.0 Å². The highest BCUT2D eigenvalue weighted by atomic mass is 16.5. The smallest absolute Gasteiger partial charge is 0.138 e. The summed E-state index contributed by atoms with van der Waals surface area (Å²) >= 11 is 0. The highest BCUT2D eigenvalue weighted by Crippen LogP contribution is 2.31. The van der Waals surface area contributed by atoms with E-state index in [0.717, 1.165) is 33.9 Å². The number of pyridine rings is 1. The van der Waals surface area contributed by atoms with Gasteiger partial charge in [-0.2, -0.15) is 0 Å². The van der Waals surface area contributed by atoms with Crippen molar-refractivity contribution >= 4 is 10.9 Å². The van der Waals surface area contributed by atoms with Crippen molar-refractivity contribution in [3.05, 3.63) is 54.7 Å². The minimum atomic E-state index is 0.720. The lowest BCUT2D eigenvalue weighted by molar-refractivity contribution is 0.409. The summed E-state index contributed by atoms with van der Waals surface area (Å²) < 4.78 is 16.4. The molecule has 21 heavy (non-hydrogen) atoms. The lowest BCUT2D eigenvalue weighted by atomic mass is 10.2. The lowest BCUT2D eigenvalue weighted by Crippen LogP contribution is -1.90. The van der Waals surface area contributed by atoms with Crippen molar-refractivity contribution in [2.24, 2.45) is 0 Å². The Morgan fingerprint density at radius 3 is 2.38 bits per heavy atom. The SMILES string of the molecule is COc1cccc(Oc2ccnc3cc(OC)ccc23)c1. The van der Waals surface area contributed by atoms with E-state index >= 15 is 0 Å². The van der Waals surface area contributed by atoms with Gasteiger partial charge in [0, 0.05) is 23.7 Å². The number of benzene rings is 2. The van der Waals surface area contributed by atoms with Crippen LogP contribution in [-0.2, 0) is 0 Å². The summed E-state index contributed by atoms with van der Waals surface area (Å²) in [5.74, 6) is 3.00. The van der Waals surface area contributed by atoms with Crippen LogP contribution in [0.2, 0.25) is 0 Å². The van der Waals surface area contributed by atoms with E-state index in [-0.39, 0.29) is 0 Å². The molecule has 106 valence electrons. The monoisotopic (exact) mass is 281 g/mol. The first kappa shape index (κ1) is 13.2. The van der Waals surface area contributed by atoms with Crippen molar-refractivity contribution in [3.8, 4) is 23.0 Å². The largest absolute Gasteiger partial charge is 0.497 e. The Labute approximate surface area is 122 Å². The Morgan fingerprint density at radius 1 is 0.810 bits per heavy atom. The molecule has 1 heterocycles. The highest BCUT2D eigenvalue weighted by molar-refractivity contribution is 5.86. The molecule has 0 fully saturated rings. The molecule has 0 saturated heterocycles. The second-order valence-electron chi connectivity index (χ2n) is 4.47. The maximum absolute atomic E-state index is 5.95. The minimum absolute atomic E-state index is 0.720. The van der Waals surface area contributed by atoms with Gasteiger partial charge in [0.25, 0.3) is 0 Å². The highest BCUT2D eigenvalue weighted by Gasteiger charge is 2.06. The first-order valence-electron chi connectivity index (χ1n) is 6.55. The van der Waals surface area contributed by atoms with Gasteiger partial charge in [-0.05, 0) is 30.3 Å². The summed E-state index contributed by atoms with van der Waals surface area (Å²) in [6.07, 6.45) is 1.72. The molecule has 0 N–H and O–H groups in total. The minimum Gasteiger partial charge on any atom is -0.497 e. The summed E-state index contributed by atoms with van der Waals surface area (Å²) in [5.41, 5.74) is 0.828. The Bertz CT molecular complexity index is 771. The number of methoxy groups -OCH3 is 2. The van der Waals surface area contributed by atoms with Gasteiger partial charge in [-0.15, -0.1) is 0 Å². The van der Waals surface area contributed by atoms with E-state index in [1.165, 1.54) is 0 Å². The molecule has 0 aliphatic carbocycles. The number of fused-ring (bicyclic) bond motifs is 1. The van der Waals surface area contributed by atoms with Crippen LogP contribution >= 0.6 is 0 Å². The first-order valence-corrected chi connectivity index (χ1v) is 6.55. The third kappa shape index (κ3) is 2.74. The standard InChI is InChI=1S/C17H15NO3/c1-19-12-4-3-5-14(10-12)21-17-8-9-18-16-11-13(20-2)6-7-15(16)17/h3-11H,1-2H3. The van der Waals surface area contributed by atoms with E-state index in [1.807, 2.05) is 48.5 Å². The fraction of sp³-hybridized carbons (Fsp3) is 0.118. The van der Waals surface area contributed by atoms with Crippen molar-refractivity contribution in [2.45, 2.75) is 0 Å². The maximum Gasteiger partial charge on any atom is 0.138 e. The summed E-state index contributed by atoms with van der Waals surface area (Å²) in [5, 5.41) is 0.932. The number of hydrogen-bond acceptors (Lipinski definition) is 4. The molecule has 0 atom stereocenters. The van der Waals surface area contributed by atoms with Crippen LogP contribution in [0, 0.1) is 0 Å². The van der Waals surface area contributed by atoms with E-state index in [1.54, 1.807) is 20.4 Å². The number of aromatic nitrogens is 1. The van der Waals surface area contributed by atoms with Gasteiger partial charge in [0.05, 0.1) is 19.7 Å². The summed E-state index contributed by atoms with van der Waals surface area (Å²) in [6, 6.07) is 15.1. The van der Waals surface area contributed by atoms with Crippen molar-refractivity contribution in [1.29, 1.82) is 0 Å². The fourth-order valence-electron chi connectivity index (χ4n) is 2.11. The second-order valence-corrected chi connectivity index (χ2v) is 4.47. The topological polar surface area (TPSA) is 40.6 Å². The van der Waals surface area contributed by atoms with E-state index < -0.39 is 0 Å². The van der Waals surface area contributed by atoms with Crippen molar-refractivity contribution < 1.29 is 14.2 Å². The Hall–Kier alpha value is -2.75.